The van der Waals surface area contributed by atoms with E-state index in [0.717, 1.165) is 23.7 Å². The summed E-state index contributed by atoms with van der Waals surface area (Å²) in [5, 5.41) is 0. The van der Waals surface area contributed by atoms with Gasteiger partial charge in [-0.1, -0.05) is 19.8 Å². The monoisotopic (exact) mass is 247 g/mol. The molecule has 18 heavy (non-hydrogen) atoms. The lowest BCUT2D eigenvalue weighted by atomic mass is 9.44. The first-order chi connectivity index (χ1) is 8.60. The standard InChI is InChI=1S/C17H29N/c1-12(17(18)4-2-3-5-17)16-9-13-6-14(10-16)8-15(7-13)11-16/h12-15H,2-11,18H2,1H3. The summed E-state index contributed by atoms with van der Waals surface area (Å²) in [5.41, 5.74) is 7.68. The Morgan fingerprint density at radius 1 is 0.889 bits per heavy atom. The molecule has 0 saturated heterocycles. The largest absolute Gasteiger partial charge is 0.325 e. The van der Waals surface area contributed by atoms with Gasteiger partial charge in [0.1, 0.15) is 0 Å². The van der Waals surface area contributed by atoms with Crippen molar-refractivity contribution in [1.82, 2.24) is 0 Å². The Kier molecular flexibility index (Phi) is 2.45. The third kappa shape index (κ3) is 1.55. The van der Waals surface area contributed by atoms with Crippen molar-refractivity contribution in [1.29, 1.82) is 0 Å². The Bertz CT molecular complexity index is 304. The highest BCUT2D eigenvalue weighted by atomic mass is 14.8. The molecule has 0 heterocycles. The average Bonchev–Trinajstić information content (AvgIpc) is 2.74. The van der Waals surface area contributed by atoms with Crippen LogP contribution in [0.4, 0.5) is 0 Å². The minimum atomic E-state index is 0.200. The molecule has 5 rings (SSSR count). The van der Waals surface area contributed by atoms with Gasteiger partial charge in [0, 0.05) is 5.54 Å². The molecule has 1 atom stereocenters. The van der Waals surface area contributed by atoms with Crippen LogP contribution in [0, 0.1) is 29.1 Å². The smallest absolute Gasteiger partial charge is 0.0185 e. The second-order valence-corrected chi connectivity index (χ2v) is 8.44. The summed E-state index contributed by atoms with van der Waals surface area (Å²) in [5.74, 6) is 4.00. The van der Waals surface area contributed by atoms with Crippen LogP contribution >= 0.6 is 0 Å². The number of nitrogens with two attached hydrogens (primary N) is 1. The fourth-order valence-corrected chi connectivity index (χ4v) is 6.78. The van der Waals surface area contributed by atoms with Crippen molar-refractivity contribution >= 4 is 0 Å². The van der Waals surface area contributed by atoms with Gasteiger partial charge in [0.05, 0.1) is 0 Å². The van der Waals surface area contributed by atoms with E-state index in [1.807, 2.05) is 0 Å². The summed E-state index contributed by atoms with van der Waals surface area (Å²) in [7, 11) is 0. The molecular weight excluding hydrogens is 218 g/mol. The Labute approximate surface area is 112 Å². The molecule has 1 heteroatoms. The molecule has 5 aliphatic rings. The molecule has 0 aromatic heterocycles. The maximum absolute atomic E-state index is 6.82. The molecule has 5 fully saturated rings. The summed E-state index contributed by atoms with van der Waals surface area (Å²) in [4.78, 5) is 0. The van der Waals surface area contributed by atoms with Crippen LogP contribution in [0.3, 0.4) is 0 Å². The van der Waals surface area contributed by atoms with E-state index in [1.54, 1.807) is 19.3 Å². The zero-order chi connectivity index (χ0) is 12.4. The second-order valence-electron chi connectivity index (χ2n) is 8.44. The highest BCUT2D eigenvalue weighted by Gasteiger charge is 2.56. The Morgan fingerprint density at radius 2 is 1.33 bits per heavy atom. The molecule has 0 aromatic carbocycles. The lowest BCUT2D eigenvalue weighted by Gasteiger charge is -2.61. The van der Waals surface area contributed by atoms with Gasteiger partial charge in [-0.2, -0.15) is 0 Å². The Morgan fingerprint density at radius 3 is 1.78 bits per heavy atom. The van der Waals surface area contributed by atoms with Gasteiger partial charge in [0.25, 0.3) is 0 Å². The van der Waals surface area contributed by atoms with Crippen molar-refractivity contribution in [2.24, 2.45) is 34.8 Å². The van der Waals surface area contributed by atoms with Crippen LogP contribution in [0.2, 0.25) is 0 Å². The van der Waals surface area contributed by atoms with Gasteiger partial charge in [-0.15, -0.1) is 0 Å². The van der Waals surface area contributed by atoms with Gasteiger partial charge < -0.3 is 5.73 Å². The Hall–Kier alpha value is -0.0400. The molecule has 102 valence electrons. The summed E-state index contributed by atoms with van der Waals surface area (Å²) >= 11 is 0. The molecule has 0 radical (unpaired) electrons. The van der Waals surface area contributed by atoms with Crippen LogP contribution in [0.1, 0.15) is 71.1 Å². The number of hydrogen-bond donors (Lipinski definition) is 1. The fraction of sp³-hybridized carbons (Fsp3) is 1.00. The molecule has 0 amide bonds. The van der Waals surface area contributed by atoms with Gasteiger partial charge in [-0.05, 0) is 80.5 Å². The summed E-state index contributed by atoms with van der Waals surface area (Å²) in [6, 6.07) is 0. The predicted octanol–water partition coefficient (Wildman–Crippen LogP) is 4.11. The highest BCUT2D eigenvalue weighted by Crippen LogP contribution is 2.64. The molecule has 2 N–H and O–H groups in total. The van der Waals surface area contributed by atoms with Gasteiger partial charge in [0.2, 0.25) is 0 Å². The first-order valence-electron chi connectivity index (χ1n) is 8.39. The van der Waals surface area contributed by atoms with E-state index in [0.29, 0.717) is 5.41 Å². The van der Waals surface area contributed by atoms with Crippen LogP contribution in [-0.4, -0.2) is 5.54 Å². The minimum absolute atomic E-state index is 0.200. The van der Waals surface area contributed by atoms with E-state index in [1.165, 1.54) is 44.9 Å². The third-order valence-electron chi connectivity index (χ3n) is 7.40. The topological polar surface area (TPSA) is 26.0 Å². The van der Waals surface area contributed by atoms with Crippen LogP contribution in [0.5, 0.6) is 0 Å². The molecular formula is C17H29N. The maximum atomic E-state index is 6.82. The normalized spacial score (nSPS) is 50.7. The average molecular weight is 247 g/mol. The number of hydrogen-bond acceptors (Lipinski definition) is 1. The van der Waals surface area contributed by atoms with Gasteiger partial charge in [-0.25, -0.2) is 0 Å². The SMILES string of the molecule is CC(C1(N)CCCC1)C12CC3CC(CC(C3)C1)C2. The van der Waals surface area contributed by atoms with Crippen LogP contribution in [0.25, 0.3) is 0 Å². The van der Waals surface area contributed by atoms with Crippen molar-refractivity contribution in [3.8, 4) is 0 Å². The molecule has 5 saturated carbocycles. The zero-order valence-electron chi connectivity index (χ0n) is 12.0. The quantitative estimate of drug-likeness (QED) is 0.781. The maximum Gasteiger partial charge on any atom is 0.0185 e. The molecule has 0 aromatic rings. The molecule has 1 unspecified atom stereocenters. The van der Waals surface area contributed by atoms with Crippen LogP contribution < -0.4 is 5.73 Å². The number of rotatable bonds is 2. The van der Waals surface area contributed by atoms with Crippen molar-refractivity contribution in [3.05, 3.63) is 0 Å². The fourth-order valence-electron chi connectivity index (χ4n) is 6.78. The van der Waals surface area contributed by atoms with Crippen molar-refractivity contribution < 1.29 is 0 Å². The van der Waals surface area contributed by atoms with Crippen molar-refractivity contribution in [2.75, 3.05) is 0 Å². The molecule has 5 aliphatic carbocycles. The predicted molar refractivity (Wildman–Crippen MR) is 75.2 cm³/mol. The van der Waals surface area contributed by atoms with Crippen molar-refractivity contribution in [2.45, 2.75) is 76.7 Å². The minimum Gasteiger partial charge on any atom is -0.325 e. The Balaban J connectivity index is 1.63. The lowest BCUT2D eigenvalue weighted by Crippen LogP contribution is -2.57. The van der Waals surface area contributed by atoms with Gasteiger partial charge >= 0.3 is 0 Å². The second kappa shape index (κ2) is 3.75. The van der Waals surface area contributed by atoms with E-state index < -0.39 is 0 Å². The summed E-state index contributed by atoms with van der Waals surface area (Å²) < 4.78 is 0. The first-order valence-corrected chi connectivity index (χ1v) is 8.39. The van der Waals surface area contributed by atoms with E-state index in [9.17, 15) is 0 Å². The van der Waals surface area contributed by atoms with E-state index in [-0.39, 0.29) is 5.54 Å². The molecule has 4 bridgehead atoms. The highest BCUT2D eigenvalue weighted by molar-refractivity contribution is 5.09. The molecule has 0 spiro atoms. The van der Waals surface area contributed by atoms with E-state index in [4.69, 9.17) is 5.73 Å². The molecule has 1 nitrogen and oxygen atoms in total. The van der Waals surface area contributed by atoms with Gasteiger partial charge in [0.15, 0.2) is 0 Å². The van der Waals surface area contributed by atoms with Gasteiger partial charge in [-0.3, -0.25) is 0 Å². The van der Waals surface area contributed by atoms with Crippen molar-refractivity contribution in [3.63, 3.8) is 0 Å². The summed E-state index contributed by atoms with van der Waals surface area (Å²) in [6.45, 7) is 2.53. The van der Waals surface area contributed by atoms with Crippen LogP contribution in [-0.2, 0) is 0 Å². The lowest BCUT2D eigenvalue weighted by molar-refractivity contribution is -0.1000. The summed E-state index contributed by atoms with van der Waals surface area (Å²) in [6.07, 6.45) is 14.6. The molecule has 0 aliphatic heterocycles. The van der Waals surface area contributed by atoms with E-state index in [2.05, 4.69) is 6.92 Å². The third-order valence-corrected chi connectivity index (χ3v) is 7.40. The van der Waals surface area contributed by atoms with Crippen LogP contribution in [0.15, 0.2) is 0 Å². The van der Waals surface area contributed by atoms with E-state index >= 15 is 0 Å². The first kappa shape index (κ1) is 11.8. The zero-order valence-corrected chi connectivity index (χ0v) is 12.0.